The molecule has 2 fully saturated rings. The third kappa shape index (κ3) is 3.10. The fraction of sp³-hybridized carbons (Fsp3) is 0.643. The molecule has 0 bridgehead atoms. The minimum absolute atomic E-state index is 0.0914. The summed E-state index contributed by atoms with van der Waals surface area (Å²) < 4.78 is 0. The topological polar surface area (TPSA) is 58.1 Å². The molecule has 2 aliphatic rings. The Balaban J connectivity index is 1.68. The Kier molecular flexibility index (Phi) is 3.73. The van der Waals surface area contributed by atoms with Crippen molar-refractivity contribution < 1.29 is 4.79 Å². The summed E-state index contributed by atoms with van der Waals surface area (Å²) >= 11 is 0. The highest BCUT2D eigenvalue weighted by Crippen LogP contribution is 2.29. The Hall–Kier alpha value is -1.49. The molecule has 1 N–H and O–H groups in total. The summed E-state index contributed by atoms with van der Waals surface area (Å²) in [6.45, 7) is 3.01. The lowest BCUT2D eigenvalue weighted by molar-refractivity contribution is 0.0703. The SMILES string of the molecule is O=C(c1cncnc1)N(CC1CCCNC1)C1CC1. The minimum atomic E-state index is 0.0914. The molecule has 1 unspecified atom stereocenters. The lowest BCUT2D eigenvalue weighted by atomic mass is 9.98. The van der Waals surface area contributed by atoms with Gasteiger partial charge in [0.1, 0.15) is 6.33 Å². The van der Waals surface area contributed by atoms with E-state index in [0.717, 1.165) is 32.5 Å². The molecular weight excluding hydrogens is 240 g/mol. The van der Waals surface area contributed by atoms with E-state index in [9.17, 15) is 4.79 Å². The van der Waals surface area contributed by atoms with Crippen LogP contribution in [-0.2, 0) is 0 Å². The van der Waals surface area contributed by atoms with Crippen LogP contribution in [0, 0.1) is 5.92 Å². The molecular formula is C14H20N4O. The van der Waals surface area contributed by atoms with Gasteiger partial charge in [-0.25, -0.2) is 9.97 Å². The van der Waals surface area contributed by atoms with E-state index in [4.69, 9.17) is 0 Å². The van der Waals surface area contributed by atoms with E-state index in [1.165, 1.54) is 19.2 Å². The van der Waals surface area contributed by atoms with E-state index < -0.39 is 0 Å². The highest BCUT2D eigenvalue weighted by atomic mass is 16.2. The predicted molar refractivity (Wildman–Crippen MR) is 71.7 cm³/mol. The standard InChI is InChI=1S/C14H20N4O/c19-14(12-7-16-10-17-8-12)18(13-3-4-13)9-11-2-1-5-15-6-11/h7-8,10-11,13,15H,1-6,9H2. The molecule has 1 aromatic heterocycles. The fourth-order valence-electron chi connectivity index (χ4n) is 2.72. The molecule has 1 aliphatic heterocycles. The van der Waals surface area contributed by atoms with Crippen LogP contribution in [0.3, 0.4) is 0 Å². The first-order valence-corrected chi connectivity index (χ1v) is 7.11. The van der Waals surface area contributed by atoms with Crippen LogP contribution in [0.2, 0.25) is 0 Å². The molecule has 0 radical (unpaired) electrons. The Morgan fingerprint density at radius 1 is 1.32 bits per heavy atom. The number of rotatable bonds is 4. The van der Waals surface area contributed by atoms with Gasteiger partial charge in [0.25, 0.3) is 5.91 Å². The maximum absolute atomic E-state index is 12.5. The normalized spacial score (nSPS) is 23.1. The summed E-state index contributed by atoms with van der Waals surface area (Å²) in [7, 11) is 0. The first kappa shape index (κ1) is 12.5. The van der Waals surface area contributed by atoms with E-state index in [-0.39, 0.29) is 5.91 Å². The highest BCUT2D eigenvalue weighted by molar-refractivity contribution is 5.94. The molecule has 1 aromatic rings. The summed E-state index contributed by atoms with van der Waals surface area (Å²) in [5, 5.41) is 3.42. The van der Waals surface area contributed by atoms with Crippen molar-refractivity contribution in [3.8, 4) is 0 Å². The molecule has 5 nitrogen and oxygen atoms in total. The molecule has 1 atom stereocenters. The van der Waals surface area contributed by atoms with Gasteiger partial charge in [-0.3, -0.25) is 4.79 Å². The molecule has 1 amide bonds. The molecule has 19 heavy (non-hydrogen) atoms. The maximum Gasteiger partial charge on any atom is 0.257 e. The Morgan fingerprint density at radius 3 is 2.74 bits per heavy atom. The molecule has 1 saturated carbocycles. The molecule has 102 valence electrons. The number of carbonyl (C=O) groups excluding carboxylic acids is 1. The van der Waals surface area contributed by atoms with Crippen LogP contribution in [0.25, 0.3) is 0 Å². The number of piperidine rings is 1. The van der Waals surface area contributed by atoms with Crippen molar-refractivity contribution in [1.29, 1.82) is 0 Å². The molecule has 2 heterocycles. The van der Waals surface area contributed by atoms with Crippen molar-refractivity contribution in [1.82, 2.24) is 20.2 Å². The van der Waals surface area contributed by atoms with Crippen molar-refractivity contribution in [2.45, 2.75) is 31.7 Å². The van der Waals surface area contributed by atoms with E-state index in [1.54, 1.807) is 12.4 Å². The van der Waals surface area contributed by atoms with Crippen LogP contribution >= 0.6 is 0 Å². The number of amides is 1. The van der Waals surface area contributed by atoms with E-state index in [0.29, 0.717) is 17.5 Å². The van der Waals surface area contributed by atoms with Gasteiger partial charge in [0.15, 0.2) is 0 Å². The summed E-state index contributed by atoms with van der Waals surface area (Å²) in [6.07, 6.45) is 9.40. The zero-order valence-electron chi connectivity index (χ0n) is 11.1. The number of nitrogens with zero attached hydrogens (tertiary/aromatic N) is 3. The third-order valence-corrected chi connectivity index (χ3v) is 3.91. The van der Waals surface area contributed by atoms with Crippen LogP contribution in [0.4, 0.5) is 0 Å². The fourth-order valence-corrected chi connectivity index (χ4v) is 2.72. The van der Waals surface area contributed by atoms with Crippen LogP contribution in [0.15, 0.2) is 18.7 Å². The Labute approximate surface area is 113 Å². The zero-order chi connectivity index (χ0) is 13.1. The quantitative estimate of drug-likeness (QED) is 0.880. The maximum atomic E-state index is 12.5. The number of aromatic nitrogens is 2. The van der Waals surface area contributed by atoms with Crippen LogP contribution in [0.5, 0.6) is 0 Å². The van der Waals surface area contributed by atoms with Gasteiger partial charge in [0, 0.05) is 25.0 Å². The van der Waals surface area contributed by atoms with Crippen molar-refractivity contribution in [2.75, 3.05) is 19.6 Å². The molecule has 5 heteroatoms. The number of hydrogen-bond acceptors (Lipinski definition) is 4. The highest BCUT2D eigenvalue weighted by Gasteiger charge is 2.34. The summed E-state index contributed by atoms with van der Waals surface area (Å²) in [4.78, 5) is 22.5. The van der Waals surface area contributed by atoms with E-state index in [2.05, 4.69) is 15.3 Å². The smallest absolute Gasteiger partial charge is 0.257 e. The van der Waals surface area contributed by atoms with Gasteiger partial charge in [-0.05, 0) is 44.7 Å². The van der Waals surface area contributed by atoms with Gasteiger partial charge >= 0.3 is 0 Å². The van der Waals surface area contributed by atoms with Gasteiger partial charge in [0.2, 0.25) is 0 Å². The van der Waals surface area contributed by atoms with Crippen LogP contribution in [0.1, 0.15) is 36.0 Å². The monoisotopic (exact) mass is 260 g/mol. The Morgan fingerprint density at radius 2 is 2.11 bits per heavy atom. The second-order valence-corrected chi connectivity index (χ2v) is 5.53. The van der Waals surface area contributed by atoms with Gasteiger partial charge in [0.05, 0.1) is 5.56 Å². The lowest BCUT2D eigenvalue weighted by Gasteiger charge is -2.30. The average Bonchev–Trinajstić information content (AvgIpc) is 3.31. The van der Waals surface area contributed by atoms with Gasteiger partial charge < -0.3 is 10.2 Å². The van der Waals surface area contributed by atoms with E-state index >= 15 is 0 Å². The molecule has 0 aromatic carbocycles. The van der Waals surface area contributed by atoms with Gasteiger partial charge in [-0.2, -0.15) is 0 Å². The number of nitrogens with one attached hydrogen (secondary N) is 1. The van der Waals surface area contributed by atoms with Crippen LogP contribution in [-0.4, -0.2) is 46.5 Å². The molecule has 0 spiro atoms. The minimum Gasteiger partial charge on any atom is -0.335 e. The third-order valence-electron chi connectivity index (χ3n) is 3.91. The Bertz CT molecular complexity index is 426. The first-order valence-electron chi connectivity index (χ1n) is 7.11. The first-order chi connectivity index (χ1) is 9.34. The van der Waals surface area contributed by atoms with Crippen molar-refractivity contribution >= 4 is 5.91 Å². The molecule has 1 saturated heterocycles. The second-order valence-electron chi connectivity index (χ2n) is 5.53. The number of carbonyl (C=O) groups is 1. The van der Waals surface area contributed by atoms with Crippen molar-refractivity contribution in [3.63, 3.8) is 0 Å². The zero-order valence-corrected chi connectivity index (χ0v) is 11.1. The van der Waals surface area contributed by atoms with Crippen molar-refractivity contribution in [2.24, 2.45) is 5.92 Å². The lowest BCUT2D eigenvalue weighted by Crippen LogP contribution is -2.42. The van der Waals surface area contributed by atoms with Crippen molar-refractivity contribution in [3.05, 3.63) is 24.3 Å². The van der Waals surface area contributed by atoms with Crippen LogP contribution < -0.4 is 5.32 Å². The molecule has 1 aliphatic carbocycles. The molecule has 3 rings (SSSR count). The van der Waals surface area contributed by atoms with Gasteiger partial charge in [-0.1, -0.05) is 0 Å². The second kappa shape index (κ2) is 5.65. The summed E-state index contributed by atoms with van der Waals surface area (Å²) in [6, 6.07) is 0.439. The summed E-state index contributed by atoms with van der Waals surface area (Å²) in [5.41, 5.74) is 0.609. The summed E-state index contributed by atoms with van der Waals surface area (Å²) in [5.74, 6) is 0.677. The average molecular weight is 260 g/mol. The number of hydrogen-bond donors (Lipinski definition) is 1. The predicted octanol–water partition coefficient (Wildman–Crippen LogP) is 1.08. The van der Waals surface area contributed by atoms with E-state index in [1.807, 2.05) is 4.90 Å². The van der Waals surface area contributed by atoms with Gasteiger partial charge in [-0.15, -0.1) is 0 Å². The largest absolute Gasteiger partial charge is 0.335 e.